The summed E-state index contributed by atoms with van der Waals surface area (Å²) in [6, 6.07) is 6.24. The number of halogens is 1. The molecule has 0 bridgehead atoms. The Balaban J connectivity index is 0.00000326. The van der Waals surface area contributed by atoms with Gasteiger partial charge in [0.05, 0.1) is 20.3 Å². The maximum atomic E-state index is 11.5. The summed E-state index contributed by atoms with van der Waals surface area (Å²) in [5.41, 5.74) is 1.85. The number of nitrogens with one attached hydrogen (secondary N) is 1. The first-order chi connectivity index (χ1) is 12.9. The van der Waals surface area contributed by atoms with E-state index in [0.717, 1.165) is 30.6 Å². The van der Waals surface area contributed by atoms with Gasteiger partial charge in [-0.2, -0.15) is 0 Å². The smallest absolute Gasteiger partial charge is 0.407 e. The van der Waals surface area contributed by atoms with Crippen molar-refractivity contribution in [3.05, 3.63) is 29.3 Å². The van der Waals surface area contributed by atoms with E-state index in [2.05, 4.69) is 23.5 Å². The maximum absolute atomic E-state index is 11.5. The van der Waals surface area contributed by atoms with Crippen molar-refractivity contribution in [2.45, 2.75) is 59.5 Å². The normalized spacial score (nSPS) is 10.6. The van der Waals surface area contributed by atoms with Gasteiger partial charge >= 0.3 is 6.09 Å². The predicted molar refractivity (Wildman–Crippen MR) is 112 cm³/mol. The fourth-order valence-corrected chi connectivity index (χ4v) is 2.38. The number of carbonyl (C=O) groups excluding carboxylic acids is 1. The summed E-state index contributed by atoms with van der Waals surface area (Å²) in [6.45, 7) is 10.9. The Bertz CT molecular complexity index is 529. The van der Waals surface area contributed by atoms with Crippen molar-refractivity contribution in [1.82, 2.24) is 5.32 Å². The topological polar surface area (TPSA) is 56.8 Å². The lowest BCUT2D eigenvalue weighted by Gasteiger charge is -2.19. The number of rotatable bonds is 10. The summed E-state index contributed by atoms with van der Waals surface area (Å²) in [5.74, 6) is 1.54. The summed E-state index contributed by atoms with van der Waals surface area (Å²) >= 11 is 5.74. The third-order valence-electron chi connectivity index (χ3n) is 3.38. The van der Waals surface area contributed by atoms with Crippen molar-refractivity contribution in [1.29, 1.82) is 0 Å². The SMILES string of the molecule is CC.COc1cc(CCCCl)ccc1CCOCCNC(=O)OC(C)(C)C. The zero-order valence-electron chi connectivity index (χ0n) is 17.7. The molecule has 0 aliphatic carbocycles. The Kier molecular flexibility index (Phi) is 13.8. The van der Waals surface area contributed by atoms with Crippen LogP contribution in [0, 0.1) is 0 Å². The van der Waals surface area contributed by atoms with E-state index in [9.17, 15) is 4.79 Å². The monoisotopic (exact) mass is 401 g/mol. The second-order valence-corrected chi connectivity index (χ2v) is 7.11. The Morgan fingerprint density at radius 3 is 2.44 bits per heavy atom. The van der Waals surface area contributed by atoms with Crippen LogP contribution in [0.4, 0.5) is 4.79 Å². The van der Waals surface area contributed by atoms with Gasteiger partial charge in [0.15, 0.2) is 0 Å². The zero-order valence-corrected chi connectivity index (χ0v) is 18.4. The number of alkyl carbamates (subject to hydrolysis) is 1. The van der Waals surface area contributed by atoms with E-state index < -0.39 is 11.7 Å². The molecule has 1 amide bonds. The number of amides is 1. The minimum Gasteiger partial charge on any atom is -0.496 e. The van der Waals surface area contributed by atoms with Crippen molar-refractivity contribution in [3.63, 3.8) is 0 Å². The lowest BCUT2D eigenvalue weighted by Crippen LogP contribution is -2.34. The first-order valence-corrected chi connectivity index (χ1v) is 10.2. The molecule has 0 unspecified atom stereocenters. The van der Waals surface area contributed by atoms with Crippen molar-refractivity contribution < 1.29 is 19.0 Å². The maximum Gasteiger partial charge on any atom is 0.407 e. The molecule has 0 aromatic heterocycles. The van der Waals surface area contributed by atoms with Crippen LogP contribution in [0.1, 0.15) is 52.2 Å². The molecular formula is C21H36ClNO4. The number of methoxy groups -OCH3 is 1. The van der Waals surface area contributed by atoms with Gasteiger partial charge in [-0.1, -0.05) is 26.0 Å². The van der Waals surface area contributed by atoms with Crippen molar-refractivity contribution in [2.75, 3.05) is 32.7 Å². The number of alkyl halides is 1. The molecule has 1 N–H and O–H groups in total. The summed E-state index contributed by atoms with van der Waals surface area (Å²) in [6.07, 6.45) is 2.24. The van der Waals surface area contributed by atoms with Crippen LogP contribution in [0.2, 0.25) is 0 Å². The van der Waals surface area contributed by atoms with Crippen molar-refractivity contribution >= 4 is 17.7 Å². The zero-order chi connectivity index (χ0) is 20.7. The number of carbonyl (C=O) groups is 1. The highest BCUT2D eigenvalue weighted by Gasteiger charge is 2.15. The van der Waals surface area contributed by atoms with E-state index >= 15 is 0 Å². The van der Waals surface area contributed by atoms with Gasteiger partial charge in [0.25, 0.3) is 0 Å². The fourth-order valence-electron chi connectivity index (χ4n) is 2.25. The Morgan fingerprint density at radius 1 is 1.15 bits per heavy atom. The highest BCUT2D eigenvalue weighted by atomic mass is 35.5. The van der Waals surface area contributed by atoms with E-state index in [-0.39, 0.29) is 0 Å². The lowest BCUT2D eigenvalue weighted by atomic mass is 10.0. The molecule has 0 fully saturated rings. The van der Waals surface area contributed by atoms with Gasteiger partial charge in [-0.3, -0.25) is 0 Å². The van der Waals surface area contributed by atoms with E-state index in [1.54, 1.807) is 7.11 Å². The largest absolute Gasteiger partial charge is 0.496 e. The van der Waals surface area contributed by atoms with Crippen LogP contribution < -0.4 is 10.1 Å². The van der Waals surface area contributed by atoms with Crippen LogP contribution in [0.3, 0.4) is 0 Å². The lowest BCUT2D eigenvalue weighted by molar-refractivity contribution is 0.0500. The Morgan fingerprint density at radius 2 is 1.85 bits per heavy atom. The Hall–Kier alpha value is -1.46. The minimum absolute atomic E-state index is 0.420. The van der Waals surface area contributed by atoms with E-state index in [4.69, 9.17) is 25.8 Å². The van der Waals surface area contributed by atoms with Gasteiger partial charge in [-0.15, -0.1) is 11.6 Å². The molecule has 5 nitrogen and oxygen atoms in total. The number of aryl methyl sites for hydroxylation is 1. The first kappa shape index (κ1) is 25.5. The van der Waals surface area contributed by atoms with E-state index in [0.29, 0.717) is 25.6 Å². The summed E-state index contributed by atoms with van der Waals surface area (Å²) in [5, 5.41) is 2.67. The second-order valence-electron chi connectivity index (χ2n) is 6.73. The molecule has 0 spiro atoms. The van der Waals surface area contributed by atoms with Gasteiger partial charge in [0.1, 0.15) is 11.4 Å². The van der Waals surface area contributed by atoms with Crippen LogP contribution in [0.25, 0.3) is 0 Å². The third-order valence-corrected chi connectivity index (χ3v) is 3.65. The third kappa shape index (κ3) is 12.5. The Labute approximate surface area is 169 Å². The summed E-state index contributed by atoms with van der Waals surface area (Å²) in [4.78, 5) is 11.5. The van der Waals surface area contributed by atoms with Gasteiger partial charge in [-0.05, 0) is 57.2 Å². The van der Waals surface area contributed by atoms with Gasteiger partial charge in [0, 0.05) is 12.4 Å². The highest BCUT2D eigenvalue weighted by Crippen LogP contribution is 2.21. The molecule has 27 heavy (non-hydrogen) atoms. The highest BCUT2D eigenvalue weighted by molar-refractivity contribution is 6.17. The average Bonchev–Trinajstić information content (AvgIpc) is 2.63. The number of hydrogen-bond donors (Lipinski definition) is 1. The molecule has 1 rings (SSSR count). The number of hydrogen-bond acceptors (Lipinski definition) is 4. The van der Waals surface area contributed by atoms with Crippen LogP contribution in [-0.2, 0) is 22.3 Å². The van der Waals surface area contributed by atoms with Gasteiger partial charge in [0.2, 0.25) is 0 Å². The fraction of sp³-hybridized carbons (Fsp3) is 0.667. The first-order valence-electron chi connectivity index (χ1n) is 9.62. The minimum atomic E-state index is -0.489. The van der Waals surface area contributed by atoms with Crippen LogP contribution in [-0.4, -0.2) is 44.4 Å². The van der Waals surface area contributed by atoms with Crippen molar-refractivity contribution in [3.8, 4) is 5.75 Å². The van der Waals surface area contributed by atoms with Crippen LogP contribution in [0.15, 0.2) is 18.2 Å². The molecule has 0 aliphatic heterocycles. The molecule has 156 valence electrons. The number of ether oxygens (including phenoxy) is 3. The van der Waals surface area contributed by atoms with Gasteiger partial charge < -0.3 is 19.5 Å². The predicted octanol–water partition coefficient (Wildman–Crippen LogP) is 4.98. The van der Waals surface area contributed by atoms with Gasteiger partial charge in [-0.25, -0.2) is 4.79 Å². The molecule has 1 aromatic carbocycles. The van der Waals surface area contributed by atoms with Crippen LogP contribution >= 0.6 is 11.6 Å². The molecule has 6 heteroatoms. The van der Waals surface area contributed by atoms with E-state index in [1.165, 1.54) is 5.56 Å². The standard InChI is InChI=1S/C19H30ClNO4.C2H6/c1-19(2,3)25-18(22)21-11-13-24-12-9-16-8-7-15(6-5-10-20)14-17(16)23-4;1-2/h7-8,14H,5-6,9-13H2,1-4H3,(H,21,22);1-2H3. The van der Waals surface area contributed by atoms with E-state index in [1.807, 2.05) is 34.6 Å². The summed E-state index contributed by atoms with van der Waals surface area (Å²) in [7, 11) is 1.68. The molecule has 0 radical (unpaired) electrons. The van der Waals surface area contributed by atoms with Crippen molar-refractivity contribution in [2.24, 2.45) is 0 Å². The van der Waals surface area contributed by atoms with Crippen LogP contribution in [0.5, 0.6) is 5.75 Å². The molecule has 0 saturated carbocycles. The molecule has 1 aromatic rings. The molecule has 0 atom stereocenters. The summed E-state index contributed by atoms with van der Waals surface area (Å²) < 4.78 is 16.2. The molecule has 0 heterocycles. The quantitative estimate of drug-likeness (QED) is 0.444. The average molecular weight is 402 g/mol. The second kappa shape index (κ2) is 14.6. The molecule has 0 saturated heterocycles. The molecule has 0 aliphatic rings. The number of benzene rings is 1. The molecular weight excluding hydrogens is 366 g/mol.